The van der Waals surface area contributed by atoms with Crippen LogP contribution in [0.4, 0.5) is 9.18 Å². The first-order valence-electron chi connectivity index (χ1n) is 8.86. The molecule has 140 valence electrons. The van der Waals surface area contributed by atoms with Crippen LogP contribution in [0.15, 0.2) is 30.3 Å². The number of carbonyl (C=O) groups is 1. The van der Waals surface area contributed by atoms with Gasteiger partial charge in [0.25, 0.3) is 0 Å². The summed E-state index contributed by atoms with van der Waals surface area (Å²) in [6, 6.07) is 8.10. The van der Waals surface area contributed by atoms with Gasteiger partial charge in [-0.3, -0.25) is 4.90 Å². The first-order valence-corrected chi connectivity index (χ1v) is 8.86. The Hall–Kier alpha value is -2.96. The lowest BCUT2D eigenvalue weighted by atomic mass is 9.85. The molecule has 0 saturated carbocycles. The van der Waals surface area contributed by atoms with Crippen LogP contribution in [0.3, 0.4) is 0 Å². The lowest BCUT2D eigenvalue weighted by molar-refractivity contribution is 0.147. The summed E-state index contributed by atoms with van der Waals surface area (Å²) >= 11 is 0. The third-order valence-corrected chi connectivity index (χ3v) is 5.33. The molecule has 2 aromatic carbocycles. The lowest BCUT2D eigenvalue weighted by Gasteiger charge is -2.38. The van der Waals surface area contributed by atoms with Crippen molar-refractivity contribution in [3.05, 3.63) is 52.8 Å². The fraction of sp³-hybridized carbons (Fsp3) is 0.350. The van der Waals surface area contributed by atoms with Gasteiger partial charge in [-0.05, 0) is 47.4 Å². The van der Waals surface area contributed by atoms with Crippen LogP contribution in [0, 0.1) is 5.82 Å². The Kier molecular flexibility index (Phi) is 3.63. The molecule has 27 heavy (non-hydrogen) atoms. The van der Waals surface area contributed by atoms with Gasteiger partial charge in [0, 0.05) is 0 Å². The number of fused-ring (bicyclic) bond motifs is 3. The fourth-order valence-electron chi connectivity index (χ4n) is 4.11. The molecule has 3 aliphatic rings. The van der Waals surface area contributed by atoms with E-state index in [4.69, 9.17) is 18.9 Å². The molecule has 0 N–H and O–H groups in total. The molecule has 2 atom stereocenters. The average molecular weight is 371 g/mol. The van der Waals surface area contributed by atoms with Gasteiger partial charge in [0.05, 0.1) is 19.2 Å². The minimum absolute atomic E-state index is 0.0754. The highest BCUT2D eigenvalue weighted by atomic mass is 19.1. The number of methoxy groups -OCH3 is 1. The Labute approximate surface area is 155 Å². The molecule has 7 heteroatoms. The smallest absolute Gasteiger partial charge is 0.411 e. The van der Waals surface area contributed by atoms with E-state index in [0.717, 1.165) is 16.7 Å². The van der Waals surface area contributed by atoms with Crippen molar-refractivity contribution < 1.29 is 28.1 Å². The molecule has 3 aliphatic heterocycles. The highest BCUT2D eigenvalue weighted by molar-refractivity contribution is 5.73. The Balaban J connectivity index is 1.69. The SMILES string of the molecule is COc1cc([C@@H]2c3cc4c(cc3C[C@H]3COC(=O)N32)OCCO4)ccc1F. The van der Waals surface area contributed by atoms with E-state index in [1.165, 1.54) is 13.2 Å². The van der Waals surface area contributed by atoms with E-state index in [0.29, 0.717) is 37.7 Å². The molecule has 0 spiro atoms. The van der Waals surface area contributed by atoms with Crippen LogP contribution < -0.4 is 14.2 Å². The van der Waals surface area contributed by atoms with Gasteiger partial charge >= 0.3 is 6.09 Å². The summed E-state index contributed by atoms with van der Waals surface area (Å²) in [6.45, 7) is 1.33. The molecule has 1 fully saturated rings. The van der Waals surface area contributed by atoms with Crippen molar-refractivity contribution in [2.45, 2.75) is 18.5 Å². The summed E-state index contributed by atoms with van der Waals surface area (Å²) in [4.78, 5) is 14.2. The van der Waals surface area contributed by atoms with Gasteiger partial charge in [-0.15, -0.1) is 0 Å². The number of halogens is 1. The number of hydrogen-bond acceptors (Lipinski definition) is 5. The molecule has 0 unspecified atom stereocenters. The van der Waals surface area contributed by atoms with Crippen LogP contribution in [0.5, 0.6) is 17.2 Å². The number of hydrogen-bond donors (Lipinski definition) is 0. The molecular weight excluding hydrogens is 353 g/mol. The van der Waals surface area contributed by atoms with Crippen molar-refractivity contribution in [3.63, 3.8) is 0 Å². The predicted molar refractivity (Wildman–Crippen MR) is 92.9 cm³/mol. The first kappa shape index (κ1) is 16.2. The van der Waals surface area contributed by atoms with E-state index in [2.05, 4.69) is 0 Å². The van der Waals surface area contributed by atoms with Gasteiger partial charge < -0.3 is 18.9 Å². The molecule has 0 bridgehead atoms. The largest absolute Gasteiger partial charge is 0.494 e. The maximum absolute atomic E-state index is 13.9. The van der Waals surface area contributed by atoms with Crippen LogP contribution in [-0.4, -0.2) is 44.0 Å². The normalized spacial score (nSPS) is 22.7. The molecule has 5 rings (SSSR count). The van der Waals surface area contributed by atoms with Crippen molar-refractivity contribution in [1.29, 1.82) is 0 Å². The summed E-state index contributed by atoms with van der Waals surface area (Å²) in [5, 5.41) is 0. The lowest BCUT2D eigenvalue weighted by Crippen LogP contribution is -2.43. The van der Waals surface area contributed by atoms with Gasteiger partial charge in [0.15, 0.2) is 23.1 Å². The third-order valence-electron chi connectivity index (χ3n) is 5.33. The van der Waals surface area contributed by atoms with Crippen LogP contribution in [0.2, 0.25) is 0 Å². The number of ether oxygens (including phenoxy) is 4. The van der Waals surface area contributed by atoms with Gasteiger partial charge in [-0.2, -0.15) is 0 Å². The minimum atomic E-state index is -0.444. The number of rotatable bonds is 2. The van der Waals surface area contributed by atoms with Crippen LogP contribution >= 0.6 is 0 Å². The Morgan fingerprint density at radius 2 is 1.89 bits per heavy atom. The van der Waals surface area contributed by atoms with Crippen LogP contribution in [0.25, 0.3) is 0 Å². The zero-order valence-electron chi connectivity index (χ0n) is 14.7. The highest BCUT2D eigenvalue weighted by Crippen LogP contribution is 2.45. The summed E-state index contributed by atoms with van der Waals surface area (Å²) < 4.78 is 35.8. The van der Waals surface area contributed by atoms with E-state index in [1.807, 2.05) is 12.1 Å². The van der Waals surface area contributed by atoms with Crippen molar-refractivity contribution in [2.75, 3.05) is 26.9 Å². The second-order valence-electron chi connectivity index (χ2n) is 6.83. The topological polar surface area (TPSA) is 57.2 Å². The summed E-state index contributed by atoms with van der Waals surface area (Å²) in [6.07, 6.45) is 0.306. The fourth-order valence-corrected chi connectivity index (χ4v) is 4.11. The molecule has 0 radical (unpaired) electrons. The first-order chi connectivity index (χ1) is 13.2. The van der Waals surface area contributed by atoms with E-state index in [1.54, 1.807) is 17.0 Å². The van der Waals surface area contributed by atoms with Crippen molar-refractivity contribution >= 4 is 6.09 Å². The maximum Gasteiger partial charge on any atom is 0.411 e. The number of benzene rings is 2. The minimum Gasteiger partial charge on any atom is -0.494 e. The second-order valence-corrected chi connectivity index (χ2v) is 6.83. The molecule has 2 aromatic rings. The van der Waals surface area contributed by atoms with Gasteiger partial charge in [-0.1, -0.05) is 6.07 Å². The molecule has 1 amide bonds. The highest BCUT2D eigenvalue weighted by Gasteiger charge is 2.44. The maximum atomic E-state index is 13.9. The average Bonchev–Trinajstić information content (AvgIpc) is 3.05. The molecule has 1 saturated heterocycles. The van der Waals surface area contributed by atoms with E-state index in [9.17, 15) is 9.18 Å². The van der Waals surface area contributed by atoms with Crippen LogP contribution in [0.1, 0.15) is 22.7 Å². The van der Waals surface area contributed by atoms with Crippen molar-refractivity contribution in [1.82, 2.24) is 4.90 Å². The van der Waals surface area contributed by atoms with Gasteiger partial charge in [-0.25, -0.2) is 9.18 Å². The predicted octanol–water partition coefficient (Wildman–Crippen LogP) is 3.07. The molecular formula is C20H18FNO5. The summed E-state index contributed by atoms with van der Waals surface area (Å²) in [5.74, 6) is 1.07. The van der Waals surface area contributed by atoms with E-state index < -0.39 is 11.9 Å². The quantitative estimate of drug-likeness (QED) is 0.812. The molecule has 3 heterocycles. The number of amides is 1. The number of nitrogens with zero attached hydrogens (tertiary/aromatic N) is 1. The van der Waals surface area contributed by atoms with Gasteiger partial charge in [0.2, 0.25) is 0 Å². The Morgan fingerprint density at radius 1 is 1.11 bits per heavy atom. The Morgan fingerprint density at radius 3 is 2.67 bits per heavy atom. The number of cyclic esters (lactones) is 1. The zero-order valence-corrected chi connectivity index (χ0v) is 14.7. The van der Waals surface area contributed by atoms with E-state index in [-0.39, 0.29) is 17.9 Å². The molecule has 0 aliphatic carbocycles. The van der Waals surface area contributed by atoms with Crippen LogP contribution in [-0.2, 0) is 11.2 Å². The van der Waals surface area contributed by atoms with E-state index >= 15 is 0 Å². The van der Waals surface area contributed by atoms with Crippen molar-refractivity contribution in [2.24, 2.45) is 0 Å². The third kappa shape index (κ3) is 2.49. The Bertz CT molecular complexity index is 931. The second kappa shape index (κ2) is 6.04. The standard InChI is InChI=1S/C20H18FNO5/c1-24-16-7-11(2-3-15(16)21)19-14-9-18-17(25-4-5-26-18)8-12(14)6-13-10-27-20(23)22(13)19/h2-3,7-9,13,19H,4-6,10H2,1H3/t13-,19+/m0/s1. The monoisotopic (exact) mass is 371 g/mol. The number of carbonyl (C=O) groups excluding carboxylic acids is 1. The molecule has 6 nitrogen and oxygen atoms in total. The zero-order chi connectivity index (χ0) is 18.5. The summed E-state index contributed by atoms with van der Waals surface area (Å²) in [5.41, 5.74) is 2.77. The molecule has 0 aromatic heterocycles. The van der Waals surface area contributed by atoms with Crippen molar-refractivity contribution in [3.8, 4) is 17.2 Å². The summed E-state index contributed by atoms with van der Waals surface area (Å²) in [7, 11) is 1.42. The van der Waals surface area contributed by atoms with Gasteiger partial charge in [0.1, 0.15) is 19.8 Å².